The molecule has 0 radical (unpaired) electrons. The van der Waals surface area contributed by atoms with Gasteiger partial charge in [-0.2, -0.15) is 13.2 Å². The van der Waals surface area contributed by atoms with Crippen LogP contribution in [0.25, 0.3) is 0 Å². The van der Waals surface area contributed by atoms with E-state index in [1.54, 1.807) is 12.1 Å². The molecule has 0 spiro atoms. The van der Waals surface area contributed by atoms with Crippen molar-refractivity contribution in [3.05, 3.63) is 29.8 Å². The van der Waals surface area contributed by atoms with Crippen LogP contribution in [0.5, 0.6) is 5.75 Å². The number of aliphatic hydroxyl groups excluding tert-OH is 1. The number of para-hydroxylation sites is 1. The van der Waals surface area contributed by atoms with E-state index in [4.69, 9.17) is 9.84 Å². The summed E-state index contributed by atoms with van der Waals surface area (Å²) in [6, 6.07) is 7.24. The first-order chi connectivity index (χ1) is 9.03. The molecule has 0 unspecified atom stereocenters. The molecule has 0 atom stereocenters. The van der Waals surface area contributed by atoms with Gasteiger partial charge in [0.1, 0.15) is 12.4 Å². The maximum atomic E-state index is 11.8. The van der Waals surface area contributed by atoms with Crippen molar-refractivity contribution in [1.82, 2.24) is 0 Å². The maximum Gasteiger partial charge on any atom is 0.411 e. The van der Waals surface area contributed by atoms with E-state index in [-0.39, 0.29) is 19.8 Å². The highest BCUT2D eigenvalue weighted by Gasteiger charge is 2.27. The number of benzene rings is 1. The molecule has 1 aromatic rings. The van der Waals surface area contributed by atoms with E-state index in [0.29, 0.717) is 18.6 Å². The molecule has 0 aliphatic rings. The predicted octanol–water partition coefficient (Wildman–Crippen LogP) is 2.57. The van der Waals surface area contributed by atoms with E-state index in [9.17, 15) is 13.2 Å². The molecule has 0 aliphatic heterocycles. The van der Waals surface area contributed by atoms with Crippen molar-refractivity contribution >= 4 is 0 Å². The Morgan fingerprint density at radius 2 is 1.84 bits per heavy atom. The first kappa shape index (κ1) is 15.8. The van der Waals surface area contributed by atoms with Crippen molar-refractivity contribution in [1.29, 1.82) is 0 Å². The number of rotatable bonds is 8. The van der Waals surface area contributed by atoms with E-state index in [0.717, 1.165) is 5.56 Å². The monoisotopic (exact) mass is 278 g/mol. The number of hydrogen-bond acceptors (Lipinski definition) is 3. The van der Waals surface area contributed by atoms with E-state index >= 15 is 0 Å². The summed E-state index contributed by atoms with van der Waals surface area (Å²) >= 11 is 0. The van der Waals surface area contributed by atoms with Crippen LogP contribution in [0.3, 0.4) is 0 Å². The van der Waals surface area contributed by atoms with Crippen LogP contribution in [-0.4, -0.2) is 37.7 Å². The third kappa shape index (κ3) is 7.03. The molecular weight excluding hydrogens is 261 g/mol. The summed E-state index contributed by atoms with van der Waals surface area (Å²) in [6.45, 7) is -0.925. The minimum Gasteiger partial charge on any atom is -0.493 e. The largest absolute Gasteiger partial charge is 0.493 e. The van der Waals surface area contributed by atoms with Crippen LogP contribution in [0.15, 0.2) is 24.3 Å². The van der Waals surface area contributed by atoms with Gasteiger partial charge in [0, 0.05) is 13.0 Å². The lowest BCUT2D eigenvalue weighted by molar-refractivity contribution is -0.174. The molecule has 1 aromatic carbocycles. The molecule has 0 heterocycles. The van der Waals surface area contributed by atoms with Gasteiger partial charge in [-0.15, -0.1) is 0 Å². The van der Waals surface area contributed by atoms with Gasteiger partial charge < -0.3 is 14.6 Å². The number of hydrogen-bond donors (Lipinski definition) is 1. The number of aliphatic hydroxyl groups is 1. The summed E-state index contributed by atoms with van der Waals surface area (Å²) in [6.07, 6.45) is -3.42. The number of ether oxygens (including phenoxy) is 2. The average molecular weight is 278 g/mol. The van der Waals surface area contributed by atoms with Crippen LogP contribution in [0.1, 0.15) is 12.0 Å². The van der Waals surface area contributed by atoms with Gasteiger partial charge in [0.25, 0.3) is 0 Å². The Morgan fingerprint density at radius 1 is 1.11 bits per heavy atom. The number of alkyl halides is 3. The molecule has 1 rings (SSSR count). The highest BCUT2D eigenvalue weighted by atomic mass is 19.4. The standard InChI is InChI=1S/C13H17F3O3/c14-13(15,16)10-18-8-3-9-19-12-5-2-1-4-11(12)6-7-17/h1-2,4-5,17H,3,6-10H2. The van der Waals surface area contributed by atoms with Crippen molar-refractivity contribution in [3.63, 3.8) is 0 Å². The summed E-state index contributed by atoms with van der Waals surface area (Å²) in [5.74, 6) is 0.646. The normalized spacial score (nSPS) is 11.6. The quantitative estimate of drug-likeness (QED) is 0.743. The third-order valence-electron chi connectivity index (χ3n) is 2.31. The van der Waals surface area contributed by atoms with Crippen LogP contribution < -0.4 is 4.74 Å². The molecule has 3 nitrogen and oxygen atoms in total. The molecule has 108 valence electrons. The summed E-state index contributed by atoms with van der Waals surface area (Å²) < 4.78 is 45.3. The Bertz CT molecular complexity index is 366. The molecular formula is C13H17F3O3. The van der Waals surface area contributed by atoms with Crippen molar-refractivity contribution in [3.8, 4) is 5.75 Å². The molecule has 6 heteroatoms. The van der Waals surface area contributed by atoms with E-state index in [1.165, 1.54) is 0 Å². The average Bonchev–Trinajstić information content (AvgIpc) is 2.34. The molecule has 0 amide bonds. The zero-order valence-electron chi connectivity index (χ0n) is 10.4. The molecule has 0 saturated heterocycles. The van der Waals surface area contributed by atoms with Gasteiger partial charge in [0.15, 0.2) is 0 Å². The second kappa shape index (κ2) is 8.01. The lowest BCUT2D eigenvalue weighted by Crippen LogP contribution is -2.18. The minimum absolute atomic E-state index is 0.00166. The van der Waals surface area contributed by atoms with Crippen LogP contribution in [0.4, 0.5) is 13.2 Å². The topological polar surface area (TPSA) is 38.7 Å². The van der Waals surface area contributed by atoms with Gasteiger partial charge >= 0.3 is 6.18 Å². The molecule has 19 heavy (non-hydrogen) atoms. The fourth-order valence-electron chi connectivity index (χ4n) is 1.50. The Labute approximate surface area is 110 Å². The van der Waals surface area contributed by atoms with E-state index in [1.807, 2.05) is 12.1 Å². The highest BCUT2D eigenvalue weighted by Crippen LogP contribution is 2.18. The third-order valence-corrected chi connectivity index (χ3v) is 2.31. The summed E-state index contributed by atoms with van der Waals surface area (Å²) in [7, 11) is 0. The molecule has 1 N–H and O–H groups in total. The van der Waals surface area contributed by atoms with Crippen LogP contribution >= 0.6 is 0 Å². The highest BCUT2D eigenvalue weighted by molar-refractivity contribution is 5.33. The van der Waals surface area contributed by atoms with Crippen molar-refractivity contribution in [2.24, 2.45) is 0 Å². The Balaban J connectivity index is 2.22. The fraction of sp³-hybridized carbons (Fsp3) is 0.538. The first-order valence-electron chi connectivity index (χ1n) is 5.99. The van der Waals surface area contributed by atoms with Gasteiger partial charge in [-0.1, -0.05) is 18.2 Å². The zero-order chi connectivity index (χ0) is 14.1. The molecule has 0 aliphatic carbocycles. The second-order valence-electron chi connectivity index (χ2n) is 3.95. The molecule has 0 bridgehead atoms. The molecule has 0 aromatic heterocycles. The Hall–Kier alpha value is -1.27. The lowest BCUT2D eigenvalue weighted by Gasteiger charge is -2.11. The smallest absolute Gasteiger partial charge is 0.411 e. The zero-order valence-corrected chi connectivity index (χ0v) is 10.4. The Morgan fingerprint density at radius 3 is 2.53 bits per heavy atom. The fourth-order valence-corrected chi connectivity index (χ4v) is 1.50. The van der Waals surface area contributed by atoms with Gasteiger partial charge in [-0.05, 0) is 18.1 Å². The van der Waals surface area contributed by atoms with Crippen molar-refractivity contribution in [2.75, 3.05) is 26.4 Å². The lowest BCUT2D eigenvalue weighted by atomic mass is 10.1. The first-order valence-corrected chi connectivity index (χ1v) is 5.99. The Kier molecular flexibility index (Phi) is 6.66. The van der Waals surface area contributed by atoms with Crippen molar-refractivity contribution in [2.45, 2.75) is 19.0 Å². The SMILES string of the molecule is OCCc1ccccc1OCCCOCC(F)(F)F. The molecule has 0 fully saturated rings. The van der Waals surface area contributed by atoms with Crippen LogP contribution in [0.2, 0.25) is 0 Å². The van der Waals surface area contributed by atoms with Crippen LogP contribution in [0, 0.1) is 0 Å². The minimum atomic E-state index is -4.28. The van der Waals surface area contributed by atoms with Crippen molar-refractivity contribution < 1.29 is 27.8 Å². The van der Waals surface area contributed by atoms with Gasteiger partial charge in [-0.3, -0.25) is 0 Å². The molecule has 0 saturated carbocycles. The van der Waals surface area contributed by atoms with E-state index < -0.39 is 12.8 Å². The van der Waals surface area contributed by atoms with Gasteiger partial charge in [0.05, 0.1) is 13.2 Å². The van der Waals surface area contributed by atoms with E-state index in [2.05, 4.69) is 4.74 Å². The summed E-state index contributed by atoms with van der Waals surface area (Å²) in [4.78, 5) is 0. The summed E-state index contributed by atoms with van der Waals surface area (Å²) in [5.41, 5.74) is 0.876. The van der Waals surface area contributed by atoms with Gasteiger partial charge in [-0.25, -0.2) is 0 Å². The van der Waals surface area contributed by atoms with Gasteiger partial charge in [0.2, 0.25) is 0 Å². The van der Waals surface area contributed by atoms with Crippen LogP contribution in [-0.2, 0) is 11.2 Å². The maximum absolute atomic E-state index is 11.8. The second-order valence-corrected chi connectivity index (χ2v) is 3.95. The predicted molar refractivity (Wildman–Crippen MR) is 64.2 cm³/mol. The number of halogens is 3. The summed E-state index contributed by atoms with van der Waals surface area (Å²) in [5, 5.41) is 8.88.